The van der Waals surface area contributed by atoms with E-state index >= 15 is 0 Å². The average Bonchev–Trinajstić information content (AvgIpc) is 2.79. The normalized spacial score (nSPS) is 12.7. The molecule has 0 radical (unpaired) electrons. The SMILES string of the molecule is CCc1ccc(OCC(=O)N(Cc2c(Cl)cccc2Cl)[C@H](CC)C(=O)N[C@@H](C)CC)c(Br)c1. The van der Waals surface area contributed by atoms with Gasteiger partial charge in [0.15, 0.2) is 6.61 Å². The van der Waals surface area contributed by atoms with E-state index in [4.69, 9.17) is 27.9 Å². The van der Waals surface area contributed by atoms with E-state index in [0.29, 0.717) is 27.8 Å². The summed E-state index contributed by atoms with van der Waals surface area (Å²) in [6.07, 6.45) is 2.12. The van der Waals surface area contributed by atoms with E-state index in [1.807, 2.05) is 39.0 Å². The summed E-state index contributed by atoms with van der Waals surface area (Å²) in [6, 6.07) is 10.2. The summed E-state index contributed by atoms with van der Waals surface area (Å²) in [7, 11) is 0. The Morgan fingerprint density at radius 1 is 1.09 bits per heavy atom. The van der Waals surface area contributed by atoms with Crippen molar-refractivity contribution in [1.29, 1.82) is 0 Å². The summed E-state index contributed by atoms with van der Waals surface area (Å²) < 4.78 is 6.59. The Morgan fingerprint density at radius 2 is 1.76 bits per heavy atom. The fraction of sp³-hybridized carbons (Fsp3) is 0.440. The Bertz CT molecular complexity index is 950. The first-order valence-electron chi connectivity index (χ1n) is 11.2. The number of rotatable bonds is 11. The van der Waals surface area contributed by atoms with E-state index in [1.54, 1.807) is 18.2 Å². The monoisotopic (exact) mass is 556 g/mol. The summed E-state index contributed by atoms with van der Waals surface area (Å²) in [4.78, 5) is 27.9. The molecule has 1 N–H and O–H groups in total. The Morgan fingerprint density at radius 3 is 2.30 bits per heavy atom. The molecule has 2 amide bonds. The second-order valence-electron chi connectivity index (χ2n) is 7.87. The number of aryl methyl sites for hydroxylation is 1. The number of halogens is 3. The third kappa shape index (κ3) is 7.62. The second-order valence-corrected chi connectivity index (χ2v) is 9.54. The van der Waals surface area contributed by atoms with Crippen molar-refractivity contribution in [3.05, 3.63) is 62.0 Å². The Balaban J connectivity index is 2.30. The molecule has 0 aliphatic heterocycles. The zero-order chi connectivity index (χ0) is 24.5. The number of hydrogen-bond donors (Lipinski definition) is 1. The summed E-state index contributed by atoms with van der Waals surface area (Å²) in [5.74, 6) is 0.0221. The molecular weight excluding hydrogens is 527 g/mol. The van der Waals surface area contributed by atoms with Crippen LogP contribution in [-0.4, -0.2) is 35.4 Å². The maximum Gasteiger partial charge on any atom is 0.261 e. The van der Waals surface area contributed by atoms with E-state index in [1.165, 1.54) is 4.90 Å². The van der Waals surface area contributed by atoms with Crippen LogP contribution in [-0.2, 0) is 22.6 Å². The lowest BCUT2D eigenvalue weighted by Gasteiger charge is -2.32. The Hall–Kier alpha value is -1.76. The third-order valence-electron chi connectivity index (χ3n) is 5.53. The molecule has 180 valence electrons. The number of benzene rings is 2. The van der Waals surface area contributed by atoms with Gasteiger partial charge >= 0.3 is 0 Å². The van der Waals surface area contributed by atoms with Crippen LogP contribution in [0.2, 0.25) is 10.0 Å². The highest BCUT2D eigenvalue weighted by molar-refractivity contribution is 9.10. The molecule has 0 spiro atoms. The van der Waals surface area contributed by atoms with Crippen LogP contribution in [0.1, 0.15) is 51.7 Å². The van der Waals surface area contributed by atoms with Crippen LogP contribution >= 0.6 is 39.1 Å². The van der Waals surface area contributed by atoms with Crippen molar-refractivity contribution in [3.63, 3.8) is 0 Å². The molecule has 0 fully saturated rings. The van der Waals surface area contributed by atoms with Gasteiger partial charge in [-0.2, -0.15) is 0 Å². The highest BCUT2D eigenvalue weighted by Crippen LogP contribution is 2.28. The summed E-state index contributed by atoms with van der Waals surface area (Å²) in [6.45, 7) is 7.74. The highest BCUT2D eigenvalue weighted by Gasteiger charge is 2.30. The van der Waals surface area contributed by atoms with Crippen molar-refractivity contribution in [2.45, 2.75) is 65.6 Å². The molecular formula is C25H31BrCl2N2O3. The van der Waals surface area contributed by atoms with E-state index in [-0.39, 0.29) is 31.0 Å². The van der Waals surface area contributed by atoms with Gasteiger partial charge in [0.2, 0.25) is 5.91 Å². The molecule has 0 saturated heterocycles. The molecule has 33 heavy (non-hydrogen) atoms. The van der Waals surface area contributed by atoms with Crippen LogP contribution in [0.3, 0.4) is 0 Å². The molecule has 8 heteroatoms. The second kappa shape index (κ2) is 13.2. The van der Waals surface area contributed by atoms with Gasteiger partial charge in [0.05, 0.1) is 4.47 Å². The summed E-state index contributed by atoms with van der Waals surface area (Å²) >= 11 is 16.2. The van der Waals surface area contributed by atoms with Gasteiger partial charge in [0.25, 0.3) is 5.91 Å². The Labute approximate surface area is 214 Å². The van der Waals surface area contributed by atoms with Gasteiger partial charge in [-0.1, -0.05) is 56.1 Å². The van der Waals surface area contributed by atoms with Crippen LogP contribution in [0.5, 0.6) is 5.75 Å². The number of hydrogen-bond acceptors (Lipinski definition) is 3. The van der Waals surface area contributed by atoms with Gasteiger partial charge in [-0.15, -0.1) is 0 Å². The van der Waals surface area contributed by atoms with Crippen LogP contribution < -0.4 is 10.1 Å². The van der Waals surface area contributed by atoms with Crippen LogP contribution in [0.4, 0.5) is 0 Å². The van der Waals surface area contributed by atoms with Crippen LogP contribution in [0, 0.1) is 0 Å². The maximum atomic E-state index is 13.4. The fourth-order valence-corrected chi connectivity index (χ4v) is 4.38. The molecule has 2 aromatic carbocycles. The average molecular weight is 558 g/mol. The van der Waals surface area contributed by atoms with Gasteiger partial charge in [-0.3, -0.25) is 9.59 Å². The van der Waals surface area contributed by atoms with Crippen molar-refractivity contribution in [2.24, 2.45) is 0 Å². The number of ether oxygens (including phenoxy) is 1. The summed E-state index contributed by atoms with van der Waals surface area (Å²) in [5, 5.41) is 3.86. The first-order valence-corrected chi connectivity index (χ1v) is 12.7. The molecule has 2 atom stereocenters. The van der Waals surface area contributed by atoms with E-state index in [0.717, 1.165) is 22.9 Å². The topological polar surface area (TPSA) is 58.6 Å². The predicted molar refractivity (Wildman–Crippen MR) is 138 cm³/mol. The standard InChI is InChI=1S/C25H31BrCl2N2O3/c1-5-16(4)29-25(32)22(7-3)30(14-18-20(27)9-8-10-21(18)28)24(31)15-33-23-12-11-17(6-2)13-19(23)26/h8-13,16,22H,5-7,14-15H2,1-4H3,(H,29,32)/t16-,22+/m0/s1. The fourth-order valence-electron chi connectivity index (χ4n) is 3.32. The minimum atomic E-state index is -0.687. The molecule has 0 unspecified atom stereocenters. The number of nitrogens with one attached hydrogen (secondary N) is 1. The molecule has 5 nitrogen and oxygen atoms in total. The lowest BCUT2D eigenvalue weighted by atomic mass is 10.1. The number of carbonyl (C=O) groups is 2. The molecule has 0 aromatic heterocycles. The largest absolute Gasteiger partial charge is 0.483 e. The quantitative estimate of drug-likeness (QED) is 0.347. The van der Waals surface area contributed by atoms with E-state index < -0.39 is 6.04 Å². The molecule has 0 aliphatic carbocycles. The first kappa shape index (κ1) is 27.5. The molecule has 0 saturated carbocycles. The molecule has 0 aliphatic rings. The predicted octanol–water partition coefficient (Wildman–Crippen LogP) is 6.42. The third-order valence-corrected chi connectivity index (χ3v) is 6.86. The number of amides is 2. The lowest BCUT2D eigenvalue weighted by Crippen LogP contribution is -2.51. The highest BCUT2D eigenvalue weighted by atomic mass is 79.9. The van der Waals surface area contributed by atoms with Gasteiger partial charge in [-0.05, 0) is 71.9 Å². The number of carbonyl (C=O) groups excluding carboxylic acids is 2. The van der Waals surface area contributed by atoms with Gasteiger partial charge in [0, 0.05) is 28.2 Å². The Kier molecular flexibility index (Phi) is 11.0. The van der Waals surface area contributed by atoms with Crippen molar-refractivity contribution in [3.8, 4) is 5.75 Å². The van der Waals surface area contributed by atoms with Crippen molar-refractivity contribution in [2.75, 3.05) is 6.61 Å². The van der Waals surface area contributed by atoms with E-state index in [2.05, 4.69) is 28.2 Å². The first-order chi connectivity index (χ1) is 15.7. The van der Waals surface area contributed by atoms with Gasteiger partial charge < -0.3 is 15.0 Å². The molecule has 2 rings (SSSR count). The van der Waals surface area contributed by atoms with Crippen molar-refractivity contribution >= 4 is 50.9 Å². The molecule has 0 heterocycles. The van der Waals surface area contributed by atoms with Gasteiger partial charge in [-0.25, -0.2) is 0 Å². The zero-order valence-electron chi connectivity index (χ0n) is 19.5. The smallest absolute Gasteiger partial charge is 0.261 e. The zero-order valence-corrected chi connectivity index (χ0v) is 22.6. The number of nitrogens with zero attached hydrogens (tertiary/aromatic N) is 1. The van der Waals surface area contributed by atoms with E-state index in [9.17, 15) is 9.59 Å². The lowest BCUT2D eigenvalue weighted by molar-refractivity contribution is -0.143. The molecule has 0 bridgehead atoms. The minimum Gasteiger partial charge on any atom is -0.483 e. The van der Waals surface area contributed by atoms with Crippen LogP contribution in [0.15, 0.2) is 40.9 Å². The van der Waals surface area contributed by atoms with Crippen molar-refractivity contribution in [1.82, 2.24) is 10.2 Å². The van der Waals surface area contributed by atoms with Crippen LogP contribution in [0.25, 0.3) is 0 Å². The van der Waals surface area contributed by atoms with Gasteiger partial charge in [0.1, 0.15) is 11.8 Å². The maximum absolute atomic E-state index is 13.4. The van der Waals surface area contributed by atoms with Crippen molar-refractivity contribution < 1.29 is 14.3 Å². The summed E-state index contributed by atoms with van der Waals surface area (Å²) in [5.41, 5.74) is 1.75. The molecule has 2 aromatic rings. The minimum absolute atomic E-state index is 0.00307.